The van der Waals surface area contributed by atoms with Crippen LogP contribution >= 0.6 is 7.14 Å². The quantitative estimate of drug-likeness (QED) is 0.552. The van der Waals surface area contributed by atoms with E-state index in [4.69, 9.17) is 0 Å². The van der Waals surface area contributed by atoms with Crippen LogP contribution in [0, 0.1) is 11.3 Å². The molecule has 1 fully saturated rings. The molecule has 0 radical (unpaired) electrons. The summed E-state index contributed by atoms with van der Waals surface area (Å²) in [6.07, 6.45) is 0. The number of hydrogen-bond acceptors (Lipinski definition) is 6. The summed E-state index contributed by atoms with van der Waals surface area (Å²) in [6.45, 7) is 10.4. The summed E-state index contributed by atoms with van der Waals surface area (Å²) in [4.78, 5) is 21.8. The van der Waals surface area contributed by atoms with Crippen molar-refractivity contribution in [1.82, 2.24) is 14.5 Å². The molecule has 0 aliphatic carbocycles. The number of benzene rings is 1. The van der Waals surface area contributed by atoms with Gasteiger partial charge in [-0.05, 0) is 44.9 Å². The first-order valence-electron chi connectivity index (χ1n) is 11.2. The highest BCUT2D eigenvalue weighted by atomic mass is 31.2. The summed E-state index contributed by atoms with van der Waals surface area (Å²) in [6, 6.07) is 15.7. The molecule has 0 amide bonds. The number of nitriles is 1. The Hall–Kier alpha value is -2.94. The highest BCUT2D eigenvalue weighted by Gasteiger charge is 2.29. The van der Waals surface area contributed by atoms with Gasteiger partial charge in [-0.25, -0.2) is 4.98 Å². The van der Waals surface area contributed by atoms with Crippen molar-refractivity contribution in [2.24, 2.45) is 7.05 Å². The van der Waals surface area contributed by atoms with Crippen LogP contribution in [0.25, 0.3) is 11.0 Å². The molecule has 2 aromatic heterocycles. The fraction of sp³-hybridized carbons (Fsp3) is 0.400. The van der Waals surface area contributed by atoms with E-state index in [0.29, 0.717) is 11.2 Å². The third kappa shape index (κ3) is 4.46. The minimum atomic E-state index is -2.26. The average molecular weight is 464 g/mol. The minimum Gasteiger partial charge on any atom is -0.364 e. The zero-order valence-corrected chi connectivity index (χ0v) is 20.7. The van der Waals surface area contributed by atoms with E-state index in [9.17, 15) is 14.6 Å². The molecular formula is C25H30N5O2P. The first-order chi connectivity index (χ1) is 15.6. The van der Waals surface area contributed by atoms with E-state index in [-0.39, 0.29) is 17.6 Å². The van der Waals surface area contributed by atoms with Gasteiger partial charge in [0.15, 0.2) is 0 Å². The fourth-order valence-electron chi connectivity index (χ4n) is 4.61. The van der Waals surface area contributed by atoms with Crippen molar-refractivity contribution in [1.29, 1.82) is 5.26 Å². The van der Waals surface area contributed by atoms with Crippen LogP contribution in [0.3, 0.4) is 0 Å². The third-order valence-corrected chi connectivity index (χ3v) is 8.24. The van der Waals surface area contributed by atoms with E-state index in [1.807, 2.05) is 12.1 Å². The molecule has 3 heterocycles. The Labute approximate surface area is 194 Å². The van der Waals surface area contributed by atoms with Gasteiger partial charge >= 0.3 is 0 Å². The molecule has 1 aliphatic rings. The number of piperazine rings is 1. The van der Waals surface area contributed by atoms with Gasteiger partial charge in [0.05, 0.1) is 11.2 Å². The number of anilines is 1. The van der Waals surface area contributed by atoms with Gasteiger partial charge in [0, 0.05) is 50.1 Å². The van der Waals surface area contributed by atoms with E-state index < -0.39 is 7.14 Å². The Morgan fingerprint density at radius 1 is 1.15 bits per heavy atom. The van der Waals surface area contributed by atoms with Gasteiger partial charge in [-0.3, -0.25) is 9.69 Å². The lowest BCUT2D eigenvalue weighted by Gasteiger charge is -2.43. The van der Waals surface area contributed by atoms with Gasteiger partial charge in [0.25, 0.3) is 5.56 Å². The van der Waals surface area contributed by atoms with Crippen LogP contribution in [0.1, 0.15) is 31.1 Å². The van der Waals surface area contributed by atoms with Crippen LogP contribution in [-0.4, -0.2) is 53.5 Å². The summed E-state index contributed by atoms with van der Waals surface area (Å²) in [5, 5.41) is 10.2. The first kappa shape index (κ1) is 23.2. The van der Waals surface area contributed by atoms with Crippen molar-refractivity contribution in [2.75, 3.05) is 37.9 Å². The maximum atomic E-state index is 12.6. The number of fused-ring (bicyclic) bond motifs is 1. The van der Waals surface area contributed by atoms with Crippen LogP contribution in [0.15, 0.2) is 47.3 Å². The summed E-state index contributed by atoms with van der Waals surface area (Å²) < 4.78 is 13.9. The zero-order chi connectivity index (χ0) is 23.9. The van der Waals surface area contributed by atoms with Crippen molar-refractivity contribution in [2.45, 2.75) is 25.9 Å². The predicted octanol–water partition coefficient (Wildman–Crippen LogP) is 3.32. The number of pyridine rings is 2. The predicted molar refractivity (Wildman–Crippen MR) is 134 cm³/mol. The summed E-state index contributed by atoms with van der Waals surface area (Å²) >= 11 is 0. The molecule has 0 saturated carbocycles. The Morgan fingerprint density at radius 3 is 2.45 bits per heavy atom. The molecule has 1 saturated heterocycles. The Kier molecular flexibility index (Phi) is 6.18. The van der Waals surface area contributed by atoms with Crippen LogP contribution in [-0.2, 0) is 11.6 Å². The molecule has 172 valence electrons. The molecule has 1 aliphatic heterocycles. The molecule has 2 atom stereocenters. The maximum Gasteiger partial charge on any atom is 0.252 e. The van der Waals surface area contributed by atoms with Crippen LogP contribution in [0.5, 0.6) is 0 Å². The maximum absolute atomic E-state index is 12.6. The van der Waals surface area contributed by atoms with E-state index in [1.54, 1.807) is 43.1 Å². The van der Waals surface area contributed by atoms with Crippen molar-refractivity contribution >= 4 is 29.2 Å². The van der Waals surface area contributed by atoms with Gasteiger partial charge < -0.3 is 14.0 Å². The number of aromatic nitrogens is 2. The van der Waals surface area contributed by atoms with Crippen LogP contribution in [0.4, 0.5) is 5.69 Å². The molecule has 0 bridgehead atoms. The summed E-state index contributed by atoms with van der Waals surface area (Å²) in [5.41, 5.74) is 3.65. The molecular weight excluding hydrogens is 433 g/mol. The van der Waals surface area contributed by atoms with E-state index in [2.05, 4.69) is 46.8 Å². The summed E-state index contributed by atoms with van der Waals surface area (Å²) in [5.74, 6) is 0. The SMILES string of the molecule is CC(c1ccc(P(C)(C)=O)cc1)N1CCN(c2cc(=O)n(C)c3ccc(C#N)nc23)[C@@H](C)C1. The largest absolute Gasteiger partial charge is 0.364 e. The lowest BCUT2D eigenvalue weighted by atomic mass is 10.0. The van der Waals surface area contributed by atoms with Gasteiger partial charge in [-0.15, -0.1) is 0 Å². The Balaban J connectivity index is 1.60. The molecule has 33 heavy (non-hydrogen) atoms. The van der Waals surface area contributed by atoms with Gasteiger partial charge in [-0.2, -0.15) is 5.26 Å². The van der Waals surface area contributed by atoms with E-state index in [0.717, 1.165) is 36.1 Å². The molecule has 1 unspecified atom stereocenters. The molecule has 0 spiro atoms. The highest BCUT2D eigenvalue weighted by molar-refractivity contribution is 7.70. The monoisotopic (exact) mass is 463 g/mol. The number of aryl methyl sites for hydroxylation is 1. The first-order valence-corrected chi connectivity index (χ1v) is 13.8. The molecule has 4 rings (SSSR count). The van der Waals surface area contributed by atoms with Gasteiger partial charge in [-0.1, -0.05) is 24.3 Å². The van der Waals surface area contributed by atoms with Crippen LogP contribution in [0.2, 0.25) is 0 Å². The molecule has 3 aromatic rings. The second-order valence-electron chi connectivity index (χ2n) is 9.26. The highest BCUT2D eigenvalue weighted by Crippen LogP contribution is 2.35. The number of nitrogens with zero attached hydrogens (tertiary/aromatic N) is 5. The van der Waals surface area contributed by atoms with E-state index >= 15 is 0 Å². The smallest absolute Gasteiger partial charge is 0.252 e. The second-order valence-corrected chi connectivity index (χ2v) is 12.5. The lowest BCUT2D eigenvalue weighted by molar-refractivity contribution is 0.176. The Bertz CT molecular complexity index is 1340. The standard InChI is InChI=1S/C25H30N5O2P/c1-17-16-29(18(2)19-6-9-21(10-7-19)33(4,5)32)12-13-30(17)23-14-24(31)28(3)22-11-8-20(15-26)27-25(22)23/h6-11,14,17-18H,12-13,16H2,1-5H3/t17-,18?/m0/s1. The zero-order valence-electron chi connectivity index (χ0n) is 19.8. The Morgan fingerprint density at radius 2 is 1.85 bits per heavy atom. The van der Waals surface area contributed by atoms with E-state index in [1.165, 1.54) is 5.56 Å². The minimum absolute atomic E-state index is 0.0868. The van der Waals surface area contributed by atoms with Crippen LogP contribution < -0.4 is 15.8 Å². The van der Waals surface area contributed by atoms with Gasteiger partial charge in [0.2, 0.25) is 0 Å². The third-order valence-electron chi connectivity index (χ3n) is 6.70. The van der Waals surface area contributed by atoms with Crippen molar-refractivity contribution in [3.05, 3.63) is 64.1 Å². The second kappa shape index (κ2) is 8.78. The average Bonchev–Trinajstić information content (AvgIpc) is 2.80. The number of hydrogen-bond donors (Lipinski definition) is 0. The van der Waals surface area contributed by atoms with Crippen molar-refractivity contribution in [3.63, 3.8) is 0 Å². The topological polar surface area (TPSA) is 82.2 Å². The summed E-state index contributed by atoms with van der Waals surface area (Å²) in [7, 11) is -0.531. The normalized spacial score (nSPS) is 18.3. The molecule has 8 heteroatoms. The molecule has 1 aromatic carbocycles. The lowest BCUT2D eigenvalue weighted by Crippen LogP contribution is -2.52. The fourth-order valence-corrected chi connectivity index (χ4v) is 5.48. The van der Waals surface area contributed by atoms with Gasteiger partial charge in [0.1, 0.15) is 24.4 Å². The number of rotatable bonds is 4. The van der Waals surface area contributed by atoms with Crippen molar-refractivity contribution < 1.29 is 4.57 Å². The van der Waals surface area contributed by atoms with Crippen molar-refractivity contribution in [3.8, 4) is 6.07 Å². The molecule has 0 N–H and O–H groups in total. The molecule has 7 nitrogen and oxygen atoms in total.